The van der Waals surface area contributed by atoms with Crippen LogP contribution in [0.2, 0.25) is 0 Å². The van der Waals surface area contributed by atoms with E-state index in [0.717, 1.165) is 5.69 Å². The maximum absolute atomic E-state index is 10.9. The number of benzene rings is 1. The van der Waals surface area contributed by atoms with Crippen LogP contribution >= 0.6 is 0 Å². The Bertz CT molecular complexity index is 490. The van der Waals surface area contributed by atoms with E-state index in [4.69, 9.17) is 0 Å². The summed E-state index contributed by atoms with van der Waals surface area (Å²) >= 11 is 0. The van der Waals surface area contributed by atoms with Gasteiger partial charge in [-0.15, -0.1) is 10.2 Å². The van der Waals surface area contributed by atoms with E-state index in [0.29, 0.717) is 18.1 Å². The fourth-order valence-electron chi connectivity index (χ4n) is 1.48. The lowest BCUT2D eigenvalue weighted by atomic mass is 10.3. The maximum Gasteiger partial charge on any atom is 0.231 e. The van der Waals surface area contributed by atoms with Crippen LogP contribution in [0.1, 0.15) is 10.6 Å². The highest BCUT2D eigenvalue weighted by molar-refractivity contribution is 5.72. The van der Waals surface area contributed by atoms with Gasteiger partial charge in [0.1, 0.15) is 0 Å². The normalized spacial score (nSPS) is 10.1. The average Bonchev–Trinajstić information content (AvgIpc) is 2.73. The lowest BCUT2D eigenvalue weighted by Crippen LogP contribution is -2.15. The first-order chi connectivity index (χ1) is 7.74. The van der Waals surface area contributed by atoms with Crippen LogP contribution in [0, 0.1) is 0 Å². The second kappa shape index (κ2) is 4.14. The minimum Gasteiger partial charge on any atom is -0.347 e. The lowest BCUT2D eigenvalue weighted by Gasteiger charge is -2.13. The summed E-state index contributed by atoms with van der Waals surface area (Å²) in [6.07, 6.45) is 0.701. The molecule has 2 aromatic rings. The summed E-state index contributed by atoms with van der Waals surface area (Å²) < 4.78 is 1.72. The molecule has 0 fully saturated rings. The molecular formula is C11H12N4O. The van der Waals surface area contributed by atoms with Gasteiger partial charge in [-0.2, -0.15) is 0 Å². The van der Waals surface area contributed by atoms with E-state index in [2.05, 4.69) is 10.2 Å². The molecule has 1 aromatic carbocycles. The topological polar surface area (TPSA) is 51.0 Å². The molecule has 0 radical (unpaired) electrons. The van der Waals surface area contributed by atoms with Crippen molar-refractivity contribution >= 4 is 12.2 Å². The van der Waals surface area contributed by atoms with E-state index in [1.165, 1.54) is 0 Å². The Hall–Kier alpha value is -2.17. The standard InChI is InChI=1S/C11H12N4O/c1-14(2)11-13-12-10(8-16)15(11)9-6-4-3-5-7-9/h3-8H,1-2H3. The molecular weight excluding hydrogens is 204 g/mol. The van der Waals surface area contributed by atoms with Gasteiger partial charge in [0.05, 0.1) is 5.69 Å². The van der Waals surface area contributed by atoms with Crippen LogP contribution in [0.25, 0.3) is 5.69 Å². The Labute approximate surface area is 93.3 Å². The van der Waals surface area contributed by atoms with Gasteiger partial charge < -0.3 is 4.90 Å². The zero-order chi connectivity index (χ0) is 11.5. The third kappa shape index (κ3) is 1.67. The Morgan fingerprint density at radius 1 is 1.19 bits per heavy atom. The molecule has 0 spiro atoms. The Balaban J connectivity index is 2.61. The quantitative estimate of drug-likeness (QED) is 0.722. The minimum absolute atomic E-state index is 0.301. The SMILES string of the molecule is CN(C)c1nnc(C=O)n1-c1ccccc1. The summed E-state index contributed by atoms with van der Waals surface area (Å²) in [5, 5.41) is 7.81. The molecule has 0 amide bonds. The maximum atomic E-state index is 10.9. The summed E-state index contributed by atoms with van der Waals surface area (Å²) in [6.45, 7) is 0. The minimum atomic E-state index is 0.301. The fraction of sp³-hybridized carbons (Fsp3) is 0.182. The number of para-hydroxylation sites is 1. The van der Waals surface area contributed by atoms with Crippen LogP contribution < -0.4 is 4.90 Å². The van der Waals surface area contributed by atoms with Crippen molar-refractivity contribution in [2.45, 2.75) is 0 Å². The molecule has 1 aromatic heterocycles. The predicted molar refractivity (Wildman–Crippen MR) is 61.1 cm³/mol. The van der Waals surface area contributed by atoms with Gasteiger partial charge in [0.25, 0.3) is 0 Å². The van der Waals surface area contributed by atoms with Gasteiger partial charge in [-0.3, -0.25) is 9.36 Å². The van der Waals surface area contributed by atoms with E-state index < -0.39 is 0 Å². The van der Waals surface area contributed by atoms with E-state index in [1.807, 2.05) is 49.3 Å². The van der Waals surface area contributed by atoms with Crippen LogP contribution in [-0.4, -0.2) is 35.1 Å². The lowest BCUT2D eigenvalue weighted by molar-refractivity contribution is 0.111. The van der Waals surface area contributed by atoms with Crippen molar-refractivity contribution in [3.05, 3.63) is 36.2 Å². The smallest absolute Gasteiger partial charge is 0.231 e. The van der Waals surface area contributed by atoms with Crippen molar-refractivity contribution in [3.63, 3.8) is 0 Å². The molecule has 5 heteroatoms. The fourth-order valence-corrected chi connectivity index (χ4v) is 1.48. The third-order valence-electron chi connectivity index (χ3n) is 2.19. The van der Waals surface area contributed by atoms with Crippen LogP contribution in [0.15, 0.2) is 30.3 Å². The highest BCUT2D eigenvalue weighted by Gasteiger charge is 2.13. The molecule has 0 unspecified atom stereocenters. The zero-order valence-corrected chi connectivity index (χ0v) is 9.16. The number of aromatic nitrogens is 3. The number of rotatable bonds is 3. The summed E-state index contributed by atoms with van der Waals surface area (Å²) in [7, 11) is 3.72. The summed E-state index contributed by atoms with van der Waals surface area (Å²) in [5.41, 5.74) is 0.873. The molecule has 0 saturated heterocycles. The molecule has 0 N–H and O–H groups in total. The second-order valence-electron chi connectivity index (χ2n) is 3.54. The average molecular weight is 216 g/mol. The summed E-state index contributed by atoms with van der Waals surface area (Å²) in [4.78, 5) is 12.7. The van der Waals surface area contributed by atoms with Gasteiger partial charge >= 0.3 is 0 Å². The monoisotopic (exact) mass is 216 g/mol. The first-order valence-corrected chi connectivity index (χ1v) is 4.87. The molecule has 1 heterocycles. The summed E-state index contributed by atoms with van der Waals surface area (Å²) in [6, 6.07) is 9.54. The molecule has 16 heavy (non-hydrogen) atoms. The van der Waals surface area contributed by atoms with Crippen molar-refractivity contribution < 1.29 is 4.79 Å². The van der Waals surface area contributed by atoms with E-state index >= 15 is 0 Å². The highest BCUT2D eigenvalue weighted by atomic mass is 16.1. The zero-order valence-electron chi connectivity index (χ0n) is 9.16. The Morgan fingerprint density at radius 2 is 1.88 bits per heavy atom. The van der Waals surface area contributed by atoms with Crippen molar-refractivity contribution in [3.8, 4) is 5.69 Å². The number of carbonyl (C=O) groups is 1. The first-order valence-electron chi connectivity index (χ1n) is 4.87. The molecule has 0 bridgehead atoms. The van der Waals surface area contributed by atoms with Crippen LogP contribution in [0.5, 0.6) is 0 Å². The largest absolute Gasteiger partial charge is 0.347 e. The van der Waals surface area contributed by atoms with E-state index in [9.17, 15) is 4.79 Å². The number of aldehydes is 1. The number of hydrogen-bond donors (Lipinski definition) is 0. The summed E-state index contributed by atoms with van der Waals surface area (Å²) in [5.74, 6) is 0.934. The molecule has 0 aliphatic carbocycles. The number of nitrogens with zero attached hydrogens (tertiary/aromatic N) is 4. The van der Waals surface area contributed by atoms with E-state index in [-0.39, 0.29) is 0 Å². The first kappa shape index (κ1) is 10.4. The highest BCUT2D eigenvalue weighted by Crippen LogP contribution is 2.17. The van der Waals surface area contributed by atoms with Gasteiger partial charge in [0.2, 0.25) is 11.8 Å². The van der Waals surface area contributed by atoms with Crippen LogP contribution in [0.4, 0.5) is 5.95 Å². The molecule has 0 atom stereocenters. The van der Waals surface area contributed by atoms with Gasteiger partial charge in [-0.25, -0.2) is 0 Å². The molecule has 5 nitrogen and oxygen atoms in total. The van der Waals surface area contributed by atoms with Crippen molar-refractivity contribution in [1.29, 1.82) is 0 Å². The number of hydrogen-bond acceptors (Lipinski definition) is 4. The molecule has 0 aliphatic heterocycles. The molecule has 2 rings (SSSR count). The molecule has 82 valence electrons. The number of anilines is 1. The van der Waals surface area contributed by atoms with Crippen LogP contribution in [0.3, 0.4) is 0 Å². The predicted octanol–water partition coefficient (Wildman–Crippen LogP) is 1.15. The Kier molecular flexibility index (Phi) is 2.68. The third-order valence-corrected chi connectivity index (χ3v) is 2.19. The van der Waals surface area contributed by atoms with Gasteiger partial charge in [0.15, 0.2) is 6.29 Å². The molecule has 0 aliphatic rings. The Morgan fingerprint density at radius 3 is 2.44 bits per heavy atom. The van der Waals surface area contributed by atoms with Gasteiger partial charge in [0, 0.05) is 14.1 Å². The van der Waals surface area contributed by atoms with Gasteiger partial charge in [-0.1, -0.05) is 18.2 Å². The van der Waals surface area contributed by atoms with Crippen molar-refractivity contribution in [1.82, 2.24) is 14.8 Å². The number of carbonyl (C=O) groups excluding carboxylic acids is 1. The van der Waals surface area contributed by atoms with Crippen molar-refractivity contribution in [2.75, 3.05) is 19.0 Å². The van der Waals surface area contributed by atoms with Gasteiger partial charge in [-0.05, 0) is 12.1 Å². The van der Waals surface area contributed by atoms with Crippen molar-refractivity contribution in [2.24, 2.45) is 0 Å². The van der Waals surface area contributed by atoms with Crippen LogP contribution in [-0.2, 0) is 0 Å². The second-order valence-corrected chi connectivity index (χ2v) is 3.54. The molecule has 0 saturated carbocycles. The van der Waals surface area contributed by atoms with E-state index in [1.54, 1.807) is 4.57 Å².